The van der Waals surface area contributed by atoms with Gasteiger partial charge in [-0.25, -0.2) is 8.99 Å². The Hall–Kier alpha value is -3.98. The highest BCUT2D eigenvalue weighted by atomic mass is 32.2. The molecule has 1 atom stereocenters. The highest BCUT2D eigenvalue weighted by molar-refractivity contribution is 7.91. The van der Waals surface area contributed by atoms with Gasteiger partial charge in [-0.3, -0.25) is 4.79 Å². The van der Waals surface area contributed by atoms with Crippen LogP contribution in [0.1, 0.15) is 27.2 Å². The molecule has 33 heavy (non-hydrogen) atoms. The minimum absolute atomic E-state index is 0.116. The second kappa shape index (κ2) is 8.87. The van der Waals surface area contributed by atoms with Gasteiger partial charge in [0, 0.05) is 16.8 Å². The maximum Gasteiger partial charge on any atom is 0.435 e. The molecule has 12 heteroatoms. The lowest BCUT2D eigenvalue weighted by Gasteiger charge is -2.14. The Labute approximate surface area is 187 Å². The van der Waals surface area contributed by atoms with E-state index in [0.717, 1.165) is 0 Å². The lowest BCUT2D eigenvalue weighted by molar-refractivity contribution is -0.141. The van der Waals surface area contributed by atoms with E-state index < -0.39 is 38.9 Å². The number of nitriles is 1. The third-order valence-corrected chi connectivity index (χ3v) is 5.50. The van der Waals surface area contributed by atoms with E-state index in [1.807, 2.05) is 6.07 Å². The molecule has 3 rings (SSSR count). The first-order valence-electron chi connectivity index (χ1n) is 9.17. The molecule has 8 nitrogen and oxygen atoms in total. The number of nitrogens with one attached hydrogen (secondary N) is 2. The Balaban J connectivity index is 2.01. The van der Waals surface area contributed by atoms with E-state index in [0.29, 0.717) is 17.2 Å². The third kappa shape index (κ3) is 5.64. The number of nitrogens with zero attached hydrogens (tertiary/aromatic N) is 3. The van der Waals surface area contributed by atoms with Crippen molar-refractivity contribution in [2.75, 3.05) is 11.6 Å². The average Bonchev–Trinajstić information content (AvgIpc) is 2.74. The van der Waals surface area contributed by atoms with E-state index in [4.69, 9.17) is 14.8 Å². The van der Waals surface area contributed by atoms with E-state index in [1.54, 1.807) is 6.92 Å². The predicted octanol–water partition coefficient (Wildman–Crippen LogP) is 4.76. The number of halogens is 3. The molecule has 3 aromatic rings. The average molecular weight is 475 g/mol. The summed E-state index contributed by atoms with van der Waals surface area (Å²) < 4.78 is 64.7. The van der Waals surface area contributed by atoms with Crippen molar-refractivity contribution in [3.8, 4) is 17.7 Å². The molecule has 1 aromatic heterocycles. The number of hydrogen-bond acceptors (Lipinski definition) is 7. The van der Waals surface area contributed by atoms with E-state index in [2.05, 4.69) is 15.5 Å². The Morgan fingerprint density at radius 2 is 1.91 bits per heavy atom. The van der Waals surface area contributed by atoms with Gasteiger partial charge in [0.05, 0.1) is 21.4 Å². The first-order chi connectivity index (χ1) is 15.4. The number of carbonyl (C=O) groups excluding carboxylic acids is 1. The first kappa shape index (κ1) is 23.7. The highest BCUT2D eigenvalue weighted by Crippen LogP contribution is 2.32. The third-order valence-electron chi connectivity index (χ3n) is 4.35. The Kier molecular flexibility index (Phi) is 6.37. The van der Waals surface area contributed by atoms with Crippen molar-refractivity contribution >= 4 is 21.3 Å². The second-order valence-corrected chi connectivity index (χ2v) is 9.12. The normalized spacial score (nSPS) is 13.0. The van der Waals surface area contributed by atoms with Crippen LogP contribution in [0.15, 0.2) is 53.4 Å². The quantitative estimate of drug-likeness (QED) is 0.548. The molecule has 1 heterocycles. The van der Waals surface area contributed by atoms with E-state index in [-0.39, 0.29) is 16.3 Å². The zero-order chi connectivity index (χ0) is 24.4. The number of aromatic nitrogens is 2. The van der Waals surface area contributed by atoms with Crippen molar-refractivity contribution in [1.29, 1.82) is 10.0 Å². The maximum absolute atomic E-state index is 13.2. The van der Waals surface area contributed by atoms with Crippen molar-refractivity contribution < 1.29 is 26.9 Å². The van der Waals surface area contributed by atoms with Gasteiger partial charge in [-0.15, -0.1) is 10.2 Å². The SMILES string of the molecule is Cc1cc(C#N)ccc1Oc1nnc(C(F)(F)F)cc1C(=O)Nc1cccc(S(C)(=N)=O)c1. The molecule has 1 amide bonds. The number of amides is 1. The van der Waals surface area contributed by atoms with Crippen LogP contribution in [0.25, 0.3) is 0 Å². The number of alkyl halides is 3. The van der Waals surface area contributed by atoms with Gasteiger partial charge in [0.25, 0.3) is 11.8 Å². The lowest BCUT2D eigenvalue weighted by Crippen LogP contribution is -2.18. The fraction of sp³-hybridized carbons (Fsp3) is 0.143. The van der Waals surface area contributed by atoms with Crippen LogP contribution in [0, 0.1) is 23.0 Å². The minimum atomic E-state index is -4.86. The predicted molar refractivity (Wildman–Crippen MR) is 112 cm³/mol. The monoisotopic (exact) mass is 475 g/mol. The van der Waals surface area contributed by atoms with Gasteiger partial charge in [-0.1, -0.05) is 6.07 Å². The number of benzene rings is 2. The van der Waals surface area contributed by atoms with Crippen LogP contribution in [0.3, 0.4) is 0 Å². The van der Waals surface area contributed by atoms with Crippen LogP contribution in [0.4, 0.5) is 18.9 Å². The minimum Gasteiger partial charge on any atom is -0.437 e. The standard InChI is InChI=1S/C21H16F3N5O3S/c1-12-8-13(11-25)6-7-17(12)32-20-16(10-18(28-29-20)21(22,23)24)19(30)27-14-4-3-5-15(9-14)33(2,26)31/h3-10,26H,1-2H3,(H,27,30). The first-order valence-corrected chi connectivity index (χ1v) is 11.1. The van der Waals surface area contributed by atoms with E-state index in [1.165, 1.54) is 48.7 Å². The summed E-state index contributed by atoms with van der Waals surface area (Å²) in [6.45, 7) is 1.61. The summed E-state index contributed by atoms with van der Waals surface area (Å²) in [5.41, 5.74) is -0.992. The summed E-state index contributed by atoms with van der Waals surface area (Å²) in [6.07, 6.45) is -3.66. The number of anilines is 1. The van der Waals surface area contributed by atoms with Gasteiger partial charge in [0.2, 0.25) is 0 Å². The zero-order valence-corrected chi connectivity index (χ0v) is 18.0. The molecule has 170 valence electrons. The zero-order valence-electron chi connectivity index (χ0n) is 17.2. The summed E-state index contributed by atoms with van der Waals surface area (Å²) in [4.78, 5) is 13.0. The Morgan fingerprint density at radius 1 is 1.18 bits per heavy atom. The lowest BCUT2D eigenvalue weighted by atomic mass is 10.1. The van der Waals surface area contributed by atoms with Gasteiger partial charge in [0.15, 0.2) is 5.69 Å². The van der Waals surface area contributed by atoms with Crippen molar-refractivity contribution in [2.24, 2.45) is 0 Å². The largest absolute Gasteiger partial charge is 0.437 e. The fourth-order valence-corrected chi connectivity index (χ4v) is 3.40. The van der Waals surface area contributed by atoms with Crippen LogP contribution in [-0.4, -0.2) is 26.6 Å². The van der Waals surface area contributed by atoms with Crippen molar-refractivity contribution in [2.45, 2.75) is 18.0 Å². The number of ether oxygens (including phenoxy) is 1. The smallest absolute Gasteiger partial charge is 0.435 e. The van der Waals surface area contributed by atoms with Gasteiger partial charge < -0.3 is 10.1 Å². The maximum atomic E-state index is 13.2. The molecule has 2 aromatic carbocycles. The molecular formula is C21H16F3N5O3S. The fourth-order valence-electron chi connectivity index (χ4n) is 2.71. The van der Waals surface area contributed by atoms with E-state index in [9.17, 15) is 22.2 Å². The molecule has 0 spiro atoms. The molecular weight excluding hydrogens is 459 g/mol. The molecule has 0 aliphatic rings. The Morgan fingerprint density at radius 3 is 2.52 bits per heavy atom. The van der Waals surface area contributed by atoms with Crippen LogP contribution in [-0.2, 0) is 15.9 Å². The number of carbonyl (C=O) groups is 1. The molecule has 0 bridgehead atoms. The van der Waals surface area contributed by atoms with Gasteiger partial charge in [-0.2, -0.15) is 18.4 Å². The second-order valence-electron chi connectivity index (χ2n) is 6.97. The molecule has 0 saturated carbocycles. The summed E-state index contributed by atoms with van der Waals surface area (Å²) >= 11 is 0. The molecule has 0 aliphatic carbocycles. The van der Waals surface area contributed by atoms with Gasteiger partial charge >= 0.3 is 6.18 Å². The van der Waals surface area contributed by atoms with Gasteiger partial charge in [-0.05, 0) is 55.0 Å². The molecule has 0 radical (unpaired) electrons. The van der Waals surface area contributed by atoms with Crippen LogP contribution in [0.2, 0.25) is 0 Å². The Bertz CT molecular complexity index is 1380. The topological polar surface area (TPSA) is 129 Å². The van der Waals surface area contributed by atoms with Crippen LogP contribution in [0.5, 0.6) is 11.6 Å². The molecule has 2 N–H and O–H groups in total. The van der Waals surface area contributed by atoms with Crippen molar-refractivity contribution in [3.63, 3.8) is 0 Å². The molecule has 1 unspecified atom stereocenters. The van der Waals surface area contributed by atoms with Crippen molar-refractivity contribution in [3.05, 3.63) is 70.9 Å². The number of aryl methyl sites for hydroxylation is 1. The van der Waals surface area contributed by atoms with Crippen LogP contribution < -0.4 is 10.1 Å². The molecule has 0 saturated heterocycles. The summed E-state index contributed by atoms with van der Waals surface area (Å²) in [7, 11) is -3.08. The number of hydrogen-bond donors (Lipinski definition) is 2. The van der Waals surface area contributed by atoms with Gasteiger partial charge in [0.1, 0.15) is 11.3 Å². The highest BCUT2D eigenvalue weighted by Gasteiger charge is 2.35. The summed E-state index contributed by atoms with van der Waals surface area (Å²) in [5, 5.41) is 17.9. The molecule has 0 fully saturated rings. The van der Waals surface area contributed by atoms with Crippen molar-refractivity contribution in [1.82, 2.24) is 10.2 Å². The summed E-state index contributed by atoms with van der Waals surface area (Å²) in [6, 6.07) is 12.4. The molecule has 0 aliphatic heterocycles. The van der Waals surface area contributed by atoms with E-state index >= 15 is 0 Å². The number of rotatable bonds is 5. The van der Waals surface area contributed by atoms with Crippen LogP contribution >= 0.6 is 0 Å². The summed E-state index contributed by atoms with van der Waals surface area (Å²) in [5.74, 6) is -1.30.